The molecule has 2 unspecified atom stereocenters. The van der Waals surface area contributed by atoms with Crippen molar-refractivity contribution in [2.75, 3.05) is 5.73 Å². The quantitative estimate of drug-likeness (QED) is 0.537. The molecule has 0 radical (unpaired) electrons. The molecule has 2 rings (SSSR count). The smallest absolute Gasteiger partial charge is 0.307 e. The third-order valence-corrected chi connectivity index (χ3v) is 4.64. The maximum Gasteiger partial charge on any atom is 0.307 e. The maximum absolute atomic E-state index is 11.6. The van der Waals surface area contributed by atoms with Gasteiger partial charge in [-0.25, -0.2) is 4.98 Å². The molecule has 5 N–H and O–H groups in total. The number of anilines is 1. The molecule has 0 fully saturated rings. The van der Waals surface area contributed by atoms with Gasteiger partial charge in [-0.1, -0.05) is 18.2 Å². The number of carbonyl (C=O) groups is 2. The van der Waals surface area contributed by atoms with Crippen LogP contribution in [-0.4, -0.2) is 27.2 Å². The van der Waals surface area contributed by atoms with Gasteiger partial charge in [0, 0.05) is 17.0 Å². The lowest BCUT2D eigenvalue weighted by molar-refractivity contribution is -0.141. The van der Waals surface area contributed by atoms with Gasteiger partial charge in [0.25, 0.3) is 0 Å². The first kappa shape index (κ1) is 18.8. The van der Waals surface area contributed by atoms with Gasteiger partial charge in [0.2, 0.25) is 5.91 Å². The van der Waals surface area contributed by atoms with Crippen molar-refractivity contribution in [3.63, 3.8) is 0 Å². The Morgan fingerprint density at radius 1 is 1.20 bits per heavy atom. The molecule has 132 valence electrons. The predicted molar refractivity (Wildman–Crippen MR) is 99.5 cm³/mol. The summed E-state index contributed by atoms with van der Waals surface area (Å²) in [5.74, 6) is -1.63. The van der Waals surface area contributed by atoms with Gasteiger partial charge in [-0.3, -0.25) is 9.59 Å². The maximum atomic E-state index is 11.6. The summed E-state index contributed by atoms with van der Waals surface area (Å²) in [6.07, 6.45) is 3.09. The van der Waals surface area contributed by atoms with Crippen LogP contribution < -0.4 is 11.5 Å². The fourth-order valence-corrected chi connectivity index (χ4v) is 2.96. The number of hydrogen-bond acceptors (Lipinski definition) is 5. The van der Waals surface area contributed by atoms with E-state index in [0.29, 0.717) is 30.6 Å². The van der Waals surface area contributed by atoms with Crippen molar-refractivity contribution in [2.24, 2.45) is 11.7 Å². The Morgan fingerprint density at radius 3 is 2.56 bits per heavy atom. The van der Waals surface area contributed by atoms with Gasteiger partial charge in [-0.2, -0.15) is 12.6 Å². The number of primary amides is 1. The number of aliphatic carboxylic acids is 1. The monoisotopic (exact) mass is 359 g/mol. The minimum Gasteiger partial charge on any atom is -0.481 e. The molecular formula is C18H21N3O3S. The highest BCUT2D eigenvalue weighted by atomic mass is 32.1. The molecule has 2 aromatic rings. The molecule has 1 heterocycles. The Balaban J connectivity index is 2.01. The van der Waals surface area contributed by atoms with Crippen molar-refractivity contribution in [1.29, 1.82) is 0 Å². The molecule has 0 bridgehead atoms. The number of benzene rings is 1. The van der Waals surface area contributed by atoms with Crippen LogP contribution in [0.4, 0.5) is 5.82 Å². The number of pyridine rings is 1. The van der Waals surface area contributed by atoms with E-state index in [1.54, 1.807) is 36.5 Å². The van der Waals surface area contributed by atoms with Gasteiger partial charge in [0.1, 0.15) is 5.82 Å². The molecule has 2 atom stereocenters. The second-order valence-corrected chi connectivity index (χ2v) is 6.57. The first-order valence-corrected chi connectivity index (χ1v) is 8.38. The lowest BCUT2D eigenvalue weighted by atomic mass is 9.93. The highest BCUT2D eigenvalue weighted by molar-refractivity contribution is 7.81. The first-order chi connectivity index (χ1) is 11.9. The fourth-order valence-electron chi connectivity index (χ4n) is 2.59. The summed E-state index contributed by atoms with van der Waals surface area (Å²) in [5, 5.41) is 9.18. The van der Waals surface area contributed by atoms with Crippen molar-refractivity contribution in [2.45, 2.75) is 24.5 Å². The number of carboxylic acid groups (broad SMARTS) is 1. The molecule has 7 heteroatoms. The molecule has 0 aliphatic rings. The van der Waals surface area contributed by atoms with E-state index >= 15 is 0 Å². The van der Waals surface area contributed by atoms with Crippen LogP contribution in [0.15, 0.2) is 42.6 Å². The van der Waals surface area contributed by atoms with Crippen LogP contribution in [0, 0.1) is 5.92 Å². The number of nitrogens with zero attached hydrogens (tertiary/aromatic N) is 1. The van der Waals surface area contributed by atoms with Crippen molar-refractivity contribution in [3.05, 3.63) is 59.3 Å². The van der Waals surface area contributed by atoms with Crippen LogP contribution in [0.1, 0.15) is 27.9 Å². The van der Waals surface area contributed by atoms with Crippen LogP contribution in [-0.2, 0) is 17.6 Å². The molecule has 6 nitrogen and oxygen atoms in total. The number of rotatable bonds is 8. The Morgan fingerprint density at radius 2 is 1.96 bits per heavy atom. The number of aromatic nitrogens is 1. The normalized spacial score (nSPS) is 13.2. The van der Waals surface area contributed by atoms with Gasteiger partial charge in [-0.05, 0) is 48.6 Å². The average Bonchev–Trinajstić information content (AvgIpc) is 2.59. The van der Waals surface area contributed by atoms with Gasteiger partial charge >= 0.3 is 5.97 Å². The summed E-state index contributed by atoms with van der Waals surface area (Å²) in [6.45, 7) is 0. The van der Waals surface area contributed by atoms with E-state index in [9.17, 15) is 14.7 Å². The summed E-state index contributed by atoms with van der Waals surface area (Å²) in [7, 11) is 0. The molecule has 0 saturated heterocycles. The minimum atomic E-state index is -0.900. The number of nitrogens with two attached hydrogens (primary N) is 2. The van der Waals surface area contributed by atoms with Gasteiger partial charge < -0.3 is 16.6 Å². The van der Waals surface area contributed by atoms with Gasteiger partial charge in [0.05, 0.1) is 5.92 Å². The lowest BCUT2D eigenvalue weighted by Crippen LogP contribution is -2.27. The fraction of sp³-hybridized carbons (Fsp3) is 0.278. The minimum absolute atomic E-state index is 0.331. The summed E-state index contributed by atoms with van der Waals surface area (Å²) >= 11 is 4.49. The largest absolute Gasteiger partial charge is 0.481 e. The number of nitrogen functional groups attached to an aromatic ring is 1. The van der Waals surface area contributed by atoms with Gasteiger partial charge in [-0.15, -0.1) is 0 Å². The highest BCUT2D eigenvalue weighted by Gasteiger charge is 2.25. The van der Waals surface area contributed by atoms with Crippen LogP contribution in [0.5, 0.6) is 0 Å². The van der Waals surface area contributed by atoms with Crippen molar-refractivity contribution in [1.82, 2.24) is 4.98 Å². The van der Waals surface area contributed by atoms with E-state index in [-0.39, 0.29) is 5.25 Å². The predicted octanol–water partition coefficient (Wildman–Crippen LogP) is 1.94. The van der Waals surface area contributed by atoms with Crippen LogP contribution in [0.2, 0.25) is 0 Å². The molecule has 0 aliphatic carbocycles. The average molecular weight is 359 g/mol. The van der Waals surface area contributed by atoms with Crippen LogP contribution in [0.3, 0.4) is 0 Å². The Bertz CT molecular complexity index is 749. The number of carboxylic acids is 1. The second kappa shape index (κ2) is 8.53. The third-order valence-electron chi connectivity index (χ3n) is 4.03. The second-order valence-electron chi connectivity index (χ2n) is 5.91. The number of aryl methyl sites for hydroxylation is 1. The molecule has 25 heavy (non-hydrogen) atoms. The lowest BCUT2D eigenvalue weighted by Gasteiger charge is -2.19. The zero-order chi connectivity index (χ0) is 18.4. The van der Waals surface area contributed by atoms with E-state index in [4.69, 9.17) is 11.5 Å². The van der Waals surface area contributed by atoms with Crippen LogP contribution in [0.25, 0.3) is 0 Å². The Hall–Kier alpha value is -2.54. The standard InChI is InChI=1S/C18H21N3O3S/c19-16-7-5-12(10-21-16)9-14(18(23)24)15(25)6-4-11-2-1-3-13(8-11)17(20)22/h1-3,5,7-8,10,14-15,25H,4,6,9H2,(H2,19,21)(H2,20,22)(H,23,24). The topological polar surface area (TPSA) is 119 Å². The van der Waals surface area contributed by atoms with Crippen LogP contribution >= 0.6 is 12.6 Å². The first-order valence-electron chi connectivity index (χ1n) is 7.87. The van der Waals surface area contributed by atoms with E-state index in [1.165, 1.54) is 0 Å². The molecular weight excluding hydrogens is 338 g/mol. The number of hydrogen-bond donors (Lipinski definition) is 4. The molecule has 1 aromatic carbocycles. The highest BCUT2D eigenvalue weighted by Crippen LogP contribution is 2.22. The molecule has 1 amide bonds. The zero-order valence-corrected chi connectivity index (χ0v) is 14.5. The summed E-state index contributed by atoms with van der Waals surface area (Å²) in [5.41, 5.74) is 13.0. The summed E-state index contributed by atoms with van der Waals surface area (Å²) < 4.78 is 0. The molecule has 1 aromatic heterocycles. The van der Waals surface area contributed by atoms with E-state index in [2.05, 4.69) is 17.6 Å². The third kappa shape index (κ3) is 5.49. The number of thiol groups is 1. The van der Waals surface area contributed by atoms with Crippen molar-refractivity contribution in [3.8, 4) is 0 Å². The van der Waals surface area contributed by atoms with Gasteiger partial charge in [0.15, 0.2) is 0 Å². The zero-order valence-electron chi connectivity index (χ0n) is 13.6. The molecule has 0 aliphatic heterocycles. The summed E-state index contributed by atoms with van der Waals surface area (Å²) in [4.78, 5) is 26.8. The Labute approximate surface area is 151 Å². The van der Waals surface area contributed by atoms with Crippen molar-refractivity contribution >= 4 is 30.3 Å². The van der Waals surface area contributed by atoms with E-state index in [0.717, 1.165) is 11.1 Å². The molecule has 0 saturated carbocycles. The Kier molecular flexibility index (Phi) is 6.41. The SMILES string of the molecule is NC(=O)c1cccc(CCC(S)C(Cc2ccc(N)nc2)C(=O)O)c1. The van der Waals surface area contributed by atoms with Crippen molar-refractivity contribution < 1.29 is 14.7 Å². The number of amides is 1. The van der Waals surface area contributed by atoms with E-state index < -0.39 is 17.8 Å². The van der Waals surface area contributed by atoms with E-state index in [1.807, 2.05) is 6.07 Å². The summed E-state index contributed by atoms with van der Waals surface area (Å²) in [6, 6.07) is 10.4. The molecule has 0 spiro atoms. The number of carbonyl (C=O) groups excluding carboxylic acids is 1.